The number of benzene rings is 1. The van der Waals surface area contributed by atoms with Crippen LogP contribution in [0.15, 0.2) is 24.3 Å². The minimum atomic E-state index is -0.153. The van der Waals surface area contributed by atoms with Gasteiger partial charge in [0.05, 0.1) is 0 Å². The van der Waals surface area contributed by atoms with Gasteiger partial charge in [-0.2, -0.15) is 0 Å². The van der Waals surface area contributed by atoms with Gasteiger partial charge in [-0.3, -0.25) is 0 Å². The summed E-state index contributed by atoms with van der Waals surface area (Å²) in [5.74, 6) is -0.153. The lowest BCUT2D eigenvalue weighted by Gasteiger charge is -2.31. The second kappa shape index (κ2) is 5.61. The number of piperidine rings is 1. The monoisotopic (exact) mass is 236 g/mol. The maximum absolute atomic E-state index is 13.1. The van der Waals surface area contributed by atoms with E-state index < -0.39 is 0 Å². The number of rotatable bonds is 3. The molecule has 1 atom stereocenters. The lowest BCUT2D eigenvalue weighted by Crippen LogP contribution is -2.41. The molecule has 17 heavy (non-hydrogen) atoms. The Kier molecular flexibility index (Phi) is 4.13. The molecule has 1 aliphatic heterocycles. The first-order valence-electron chi connectivity index (χ1n) is 6.35. The minimum Gasteiger partial charge on any atom is -0.307 e. The molecular weight excluding hydrogens is 215 g/mol. The molecule has 0 amide bonds. The van der Waals surface area contributed by atoms with Gasteiger partial charge in [0.2, 0.25) is 0 Å². The Hall–Kier alpha value is -0.930. The average molecular weight is 236 g/mol. The summed E-state index contributed by atoms with van der Waals surface area (Å²) in [6.45, 7) is 4.40. The highest BCUT2D eigenvalue weighted by Crippen LogP contribution is 2.17. The summed E-state index contributed by atoms with van der Waals surface area (Å²) < 4.78 is 13.1. The molecule has 0 saturated carbocycles. The maximum atomic E-state index is 13.1. The predicted octanol–water partition coefficient (Wildman–Crippen LogP) is 2.57. The molecule has 0 aliphatic carbocycles. The quantitative estimate of drug-likeness (QED) is 0.867. The third kappa shape index (κ3) is 3.51. The third-order valence-corrected chi connectivity index (χ3v) is 3.55. The Morgan fingerprint density at radius 2 is 2.06 bits per heavy atom. The van der Waals surface area contributed by atoms with E-state index in [1.165, 1.54) is 18.9 Å². The van der Waals surface area contributed by atoms with Crippen molar-refractivity contribution in [3.05, 3.63) is 35.6 Å². The zero-order valence-corrected chi connectivity index (χ0v) is 10.6. The average Bonchev–Trinajstić information content (AvgIpc) is 2.32. The van der Waals surface area contributed by atoms with Crippen molar-refractivity contribution in [3.63, 3.8) is 0 Å². The van der Waals surface area contributed by atoms with E-state index in [9.17, 15) is 4.39 Å². The van der Waals surface area contributed by atoms with Crippen molar-refractivity contribution in [2.24, 2.45) is 0 Å². The Labute approximate surface area is 103 Å². The van der Waals surface area contributed by atoms with Crippen molar-refractivity contribution >= 4 is 0 Å². The molecule has 0 bridgehead atoms. The van der Waals surface area contributed by atoms with Crippen molar-refractivity contribution in [1.82, 2.24) is 10.2 Å². The van der Waals surface area contributed by atoms with Crippen LogP contribution in [0.2, 0.25) is 0 Å². The third-order valence-electron chi connectivity index (χ3n) is 3.55. The van der Waals surface area contributed by atoms with Crippen LogP contribution in [-0.4, -0.2) is 31.1 Å². The number of hydrogen-bond acceptors (Lipinski definition) is 2. The summed E-state index contributed by atoms with van der Waals surface area (Å²) in [4.78, 5) is 2.35. The van der Waals surface area contributed by atoms with Crippen LogP contribution in [0.1, 0.15) is 31.4 Å². The van der Waals surface area contributed by atoms with Crippen LogP contribution >= 0.6 is 0 Å². The second-order valence-corrected chi connectivity index (χ2v) is 5.02. The van der Waals surface area contributed by atoms with Crippen molar-refractivity contribution in [2.45, 2.75) is 31.8 Å². The van der Waals surface area contributed by atoms with Crippen molar-refractivity contribution in [2.75, 3.05) is 20.1 Å². The Morgan fingerprint density at radius 3 is 2.71 bits per heavy atom. The molecule has 0 unspecified atom stereocenters. The standard InChI is InChI=1S/C14H21FN2/c1-11(12-4-3-5-13(15)10-12)16-14-6-8-17(2)9-7-14/h3-5,10-11,14,16H,6-9H2,1-2H3/t11-/m1/s1. The molecule has 0 radical (unpaired) electrons. The summed E-state index contributed by atoms with van der Waals surface area (Å²) in [6, 6.07) is 7.65. The number of hydrogen-bond donors (Lipinski definition) is 1. The van der Waals surface area contributed by atoms with E-state index in [0.29, 0.717) is 6.04 Å². The molecule has 3 heteroatoms. The van der Waals surface area contributed by atoms with Crippen LogP contribution in [0, 0.1) is 5.82 Å². The van der Waals surface area contributed by atoms with Gasteiger partial charge in [-0.1, -0.05) is 12.1 Å². The molecule has 1 saturated heterocycles. The summed E-state index contributed by atoms with van der Waals surface area (Å²) in [5.41, 5.74) is 1.03. The van der Waals surface area contributed by atoms with Gasteiger partial charge in [0.1, 0.15) is 5.82 Å². The fraction of sp³-hybridized carbons (Fsp3) is 0.571. The summed E-state index contributed by atoms with van der Waals surface area (Å²) in [5, 5.41) is 3.59. The fourth-order valence-electron chi connectivity index (χ4n) is 2.40. The van der Waals surface area contributed by atoms with Crippen LogP contribution < -0.4 is 5.32 Å². The highest BCUT2D eigenvalue weighted by molar-refractivity contribution is 5.19. The molecule has 2 nitrogen and oxygen atoms in total. The van der Waals surface area contributed by atoms with Crippen molar-refractivity contribution in [1.29, 1.82) is 0 Å². The molecular formula is C14H21FN2. The molecule has 2 rings (SSSR count). The van der Waals surface area contributed by atoms with Crippen LogP contribution in [0.25, 0.3) is 0 Å². The molecule has 0 aromatic heterocycles. The number of likely N-dealkylation sites (tertiary alicyclic amines) is 1. The molecule has 1 aromatic rings. The van der Waals surface area contributed by atoms with E-state index in [-0.39, 0.29) is 11.9 Å². The van der Waals surface area contributed by atoms with Gasteiger partial charge in [-0.05, 0) is 57.6 Å². The van der Waals surface area contributed by atoms with Crippen LogP contribution in [0.4, 0.5) is 4.39 Å². The summed E-state index contributed by atoms with van der Waals surface area (Å²) >= 11 is 0. The Bertz CT molecular complexity index is 359. The first-order chi connectivity index (χ1) is 8.15. The van der Waals surface area contributed by atoms with Gasteiger partial charge in [0.15, 0.2) is 0 Å². The van der Waals surface area contributed by atoms with E-state index in [4.69, 9.17) is 0 Å². The van der Waals surface area contributed by atoms with Gasteiger partial charge in [-0.25, -0.2) is 4.39 Å². The van der Waals surface area contributed by atoms with Gasteiger partial charge in [0.25, 0.3) is 0 Å². The number of nitrogens with one attached hydrogen (secondary N) is 1. The maximum Gasteiger partial charge on any atom is 0.123 e. The molecule has 1 heterocycles. The van der Waals surface area contributed by atoms with Gasteiger partial charge in [0, 0.05) is 12.1 Å². The summed E-state index contributed by atoms with van der Waals surface area (Å²) in [7, 11) is 2.16. The molecule has 1 fully saturated rings. The van der Waals surface area contributed by atoms with E-state index in [1.807, 2.05) is 6.07 Å². The minimum absolute atomic E-state index is 0.153. The van der Waals surface area contributed by atoms with Gasteiger partial charge >= 0.3 is 0 Å². The van der Waals surface area contributed by atoms with E-state index in [1.54, 1.807) is 12.1 Å². The van der Waals surface area contributed by atoms with Crippen LogP contribution in [-0.2, 0) is 0 Å². The first kappa shape index (κ1) is 12.5. The lowest BCUT2D eigenvalue weighted by molar-refractivity contribution is 0.226. The van der Waals surface area contributed by atoms with E-state index in [0.717, 1.165) is 18.7 Å². The van der Waals surface area contributed by atoms with Crippen LogP contribution in [0.5, 0.6) is 0 Å². The molecule has 94 valence electrons. The molecule has 1 aliphatic rings. The zero-order valence-electron chi connectivity index (χ0n) is 10.6. The Balaban J connectivity index is 1.90. The fourth-order valence-corrected chi connectivity index (χ4v) is 2.40. The first-order valence-corrected chi connectivity index (χ1v) is 6.35. The highest BCUT2D eigenvalue weighted by Gasteiger charge is 2.18. The topological polar surface area (TPSA) is 15.3 Å². The van der Waals surface area contributed by atoms with E-state index >= 15 is 0 Å². The zero-order chi connectivity index (χ0) is 12.3. The molecule has 1 aromatic carbocycles. The van der Waals surface area contributed by atoms with Crippen molar-refractivity contribution in [3.8, 4) is 0 Å². The number of nitrogens with zero attached hydrogens (tertiary/aromatic N) is 1. The Morgan fingerprint density at radius 1 is 1.35 bits per heavy atom. The van der Waals surface area contributed by atoms with Gasteiger partial charge in [-0.15, -0.1) is 0 Å². The second-order valence-electron chi connectivity index (χ2n) is 5.02. The molecule has 0 spiro atoms. The van der Waals surface area contributed by atoms with Crippen molar-refractivity contribution < 1.29 is 4.39 Å². The van der Waals surface area contributed by atoms with E-state index in [2.05, 4.69) is 24.2 Å². The smallest absolute Gasteiger partial charge is 0.123 e. The SMILES string of the molecule is C[C@@H](NC1CCN(C)CC1)c1cccc(F)c1. The largest absolute Gasteiger partial charge is 0.307 e. The molecule has 1 N–H and O–H groups in total. The lowest BCUT2D eigenvalue weighted by atomic mass is 10.0. The normalized spacial score (nSPS) is 20.4. The number of halogens is 1. The van der Waals surface area contributed by atoms with Gasteiger partial charge < -0.3 is 10.2 Å². The highest BCUT2D eigenvalue weighted by atomic mass is 19.1. The predicted molar refractivity (Wildman–Crippen MR) is 68.5 cm³/mol. The summed E-state index contributed by atoms with van der Waals surface area (Å²) in [6.07, 6.45) is 2.35. The van der Waals surface area contributed by atoms with Crippen LogP contribution in [0.3, 0.4) is 0 Å².